The predicted octanol–water partition coefficient (Wildman–Crippen LogP) is 4.02. The van der Waals surface area contributed by atoms with Crippen molar-refractivity contribution < 1.29 is 29.0 Å². The maximum Gasteiger partial charge on any atom is 0.407 e. The molecule has 220 valence electrons. The zero-order chi connectivity index (χ0) is 29.5. The number of carbonyl (C=O) groups is 3. The van der Waals surface area contributed by atoms with Crippen molar-refractivity contribution in [1.82, 2.24) is 15.5 Å². The average molecular weight is 572 g/mol. The molecule has 9 nitrogen and oxygen atoms in total. The molecule has 3 N–H and O–H groups in total. The lowest BCUT2D eigenvalue weighted by atomic mass is 9.92. The minimum Gasteiger partial charge on any atom is -0.480 e. The number of likely N-dealkylation sites (N-methyl/N-ethyl adjacent to an activating group) is 1. The lowest BCUT2D eigenvalue weighted by Gasteiger charge is -2.32. The summed E-state index contributed by atoms with van der Waals surface area (Å²) in [5.41, 5.74) is 5.63. The maximum absolute atomic E-state index is 12.9. The lowest BCUT2D eigenvalue weighted by molar-refractivity contribution is -0.142. The van der Waals surface area contributed by atoms with Crippen molar-refractivity contribution in [2.45, 2.75) is 37.4 Å². The van der Waals surface area contributed by atoms with Crippen LogP contribution >= 0.6 is 0 Å². The van der Waals surface area contributed by atoms with Gasteiger partial charge >= 0.3 is 12.1 Å². The normalized spacial score (nSPS) is 18.5. The second-order valence-electron chi connectivity index (χ2n) is 11.0. The van der Waals surface area contributed by atoms with E-state index in [0.717, 1.165) is 27.8 Å². The van der Waals surface area contributed by atoms with Gasteiger partial charge in [0.05, 0.1) is 6.61 Å². The number of benzene rings is 3. The summed E-state index contributed by atoms with van der Waals surface area (Å²) < 4.78 is 11.3. The zero-order valence-electron chi connectivity index (χ0n) is 23.7. The molecule has 0 bridgehead atoms. The second kappa shape index (κ2) is 13.6. The number of amides is 2. The molecular formula is C33H37N3O6. The van der Waals surface area contributed by atoms with Crippen LogP contribution in [-0.2, 0) is 25.6 Å². The van der Waals surface area contributed by atoms with Gasteiger partial charge in [-0.25, -0.2) is 9.59 Å². The van der Waals surface area contributed by atoms with Gasteiger partial charge in [-0.05, 0) is 41.3 Å². The van der Waals surface area contributed by atoms with E-state index < -0.39 is 24.0 Å². The fourth-order valence-electron chi connectivity index (χ4n) is 5.93. The summed E-state index contributed by atoms with van der Waals surface area (Å²) in [4.78, 5) is 39.6. The number of carboxylic acid groups (broad SMARTS) is 1. The number of carboxylic acids is 1. The molecule has 1 aliphatic heterocycles. The van der Waals surface area contributed by atoms with Gasteiger partial charge in [-0.2, -0.15) is 0 Å². The third-order valence-electron chi connectivity index (χ3n) is 7.99. The number of carbonyl (C=O) groups excluding carboxylic acids is 2. The molecule has 0 radical (unpaired) electrons. The Morgan fingerprint density at radius 3 is 2.29 bits per heavy atom. The molecule has 1 fully saturated rings. The zero-order valence-corrected chi connectivity index (χ0v) is 23.7. The van der Waals surface area contributed by atoms with Gasteiger partial charge in [0, 0.05) is 44.0 Å². The van der Waals surface area contributed by atoms with Gasteiger partial charge in [0.25, 0.3) is 0 Å². The van der Waals surface area contributed by atoms with Crippen LogP contribution in [0.15, 0.2) is 78.9 Å². The first-order valence-electron chi connectivity index (χ1n) is 14.3. The molecule has 2 aliphatic rings. The fourth-order valence-corrected chi connectivity index (χ4v) is 5.93. The van der Waals surface area contributed by atoms with Gasteiger partial charge in [0.2, 0.25) is 5.91 Å². The molecule has 5 rings (SSSR count). The Bertz CT molecular complexity index is 1350. The highest BCUT2D eigenvalue weighted by Crippen LogP contribution is 2.44. The number of hydrogen-bond acceptors (Lipinski definition) is 6. The monoisotopic (exact) mass is 571 g/mol. The Morgan fingerprint density at radius 2 is 1.62 bits per heavy atom. The van der Waals surface area contributed by atoms with Crippen molar-refractivity contribution in [3.8, 4) is 11.1 Å². The second-order valence-corrected chi connectivity index (χ2v) is 11.0. The first-order chi connectivity index (χ1) is 20.4. The van der Waals surface area contributed by atoms with Crippen LogP contribution in [0, 0.1) is 5.92 Å². The van der Waals surface area contributed by atoms with E-state index in [1.165, 1.54) is 0 Å². The number of nitrogens with one attached hydrogen (secondary N) is 2. The molecule has 3 unspecified atom stereocenters. The molecule has 3 aromatic rings. The molecule has 3 aromatic carbocycles. The van der Waals surface area contributed by atoms with E-state index in [-0.39, 0.29) is 44.1 Å². The van der Waals surface area contributed by atoms with E-state index in [2.05, 4.69) is 34.9 Å². The van der Waals surface area contributed by atoms with Gasteiger partial charge in [0.1, 0.15) is 12.6 Å². The summed E-state index contributed by atoms with van der Waals surface area (Å²) in [7, 11) is 1.82. The van der Waals surface area contributed by atoms with Gasteiger partial charge < -0.3 is 25.2 Å². The van der Waals surface area contributed by atoms with Crippen LogP contribution in [-0.4, -0.2) is 73.5 Å². The van der Waals surface area contributed by atoms with Crippen LogP contribution in [0.1, 0.15) is 35.4 Å². The quantitative estimate of drug-likeness (QED) is 0.318. The van der Waals surface area contributed by atoms with Gasteiger partial charge in [-0.15, -0.1) is 0 Å². The molecule has 1 heterocycles. The van der Waals surface area contributed by atoms with E-state index in [4.69, 9.17) is 9.47 Å². The van der Waals surface area contributed by atoms with Crippen molar-refractivity contribution >= 4 is 18.0 Å². The highest BCUT2D eigenvalue weighted by atomic mass is 16.5. The molecule has 9 heteroatoms. The van der Waals surface area contributed by atoms with E-state index in [1.54, 1.807) is 0 Å². The molecule has 2 amide bonds. The third kappa shape index (κ3) is 7.16. The molecular weight excluding hydrogens is 534 g/mol. The predicted molar refractivity (Wildman–Crippen MR) is 158 cm³/mol. The molecule has 3 atom stereocenters. The van der Waals surface area contributed by atoms with E-state index >= 15 is 0 Å². The van der Waals surface area contributed by atoms with E-state index in [0.29, 0.717) is 19.6 Å². The Hall–Kier alpha value is -4.21. The largest absolute Gasteiger partial charge is 0.480 e. The number of nitrogens with zero attached hydrogens (tertiary/aromatic N) is 1. The van der Waals surface area contributed by atoms with Crippen LogP contribution in [0.4, 0.5) is 4.79 Å². The van der Waals surface area contributed by atoms with Crippen LogP contribution in [0.25, 0.3) is 11.1 Å². The standard InChI is InChI=1S/C33H37N3O6/c1-36(18-22-9-3-2-4-10-22)19-30(32(38)39)34-31(37)17-23-20-41-16-15-29(23)35-33(40)42-21-28-26-13-7-5-11-24(26)25-12-6-8-14-27(25)28/h2-14,23,28-30H,15-21H2,1H3,(H,34,37)(H,35,40)(H,38,39). The third-order valence-corrected chi connectivity index (χ3v) is 7.99. The number of ether oxygens (including phenoxy) is 2. The summed E-state index contributed by atoms with van der Waals surface area (Å²) in [6.45, 7) is 1.65. The number of fused-ring (bicyclic) bond motifs is 3. The summed E-state index contributed by atoms with van der Waals surface area (Å²) in [6, 6.07) is 24.6. The first kappa shape index (κ1) is 29.3. The smallest absolute Gasteiger partial charge is 0.407 e. The first-order valence-corrected chi connectivity index (χ1v) is 14.3. The maximum atomic E-state index is 12.9. The highest BCUT2D eigenvalue weighted by molar-refractivity contribution is 5.84. The highest BCUT2D eigenvalue weighted by Gasteiger charge is 2.33. The van der Waals surface area contributed by atoms with E-state index in [9.17, 15) is 19.5 Å². The summed E-state index contributed by atoms with van der Waals surface area (Å²) in [5.74, 6) is -1.86. The topological polar surface area (TPSA) is 117 Å². The van der Waals surface area contributed by atoms with Crippen molar-refractivity contribution in [2.24, 2.45) is 5.92 Å². The van der Waals surface area contributed by atoms with Crippen LogP contribution < -0.4 is 10.6 Å². The minimum absolute atomic E-state index is 0.0283. The lowest BCUT2D eigenvalue weighted by Crippen LogP contribution is -2.50. The summed E-state index contributed by atoms with van der Waals surface area (Å²) in [6.07, 6.45) is 0.0188. The number of aliphatic carboxylic acids is 1. The van der Waals surface area contributed by atoms with Crippen LogP contribution in [0.3, 0.4) is 0 Å². The summed E-state index contributed by atoms with van der Waals surface area (Å²) >= 11 is 0. The summed E-state index contributed by atoms with van der Waals surface area (Å²) in [5, 5.41) is 15.3. The molecule has 0 aromatic heterocycles. The van der Waals surface area contributed by atoms with Crippen molar-refractivity contribution in [2.75, 3.05) is 33.4 Å². The van der Waals surface area contributed by atoms with Crippen molar-refractivity contribution in [3.05, 3.63) is 95.6 Å². The van der Waals surface area contributed by atoms with Gasteiger partial charge in [-0.3, -0.25) is 9.69 Å². The Balaban J connectivity index is 1.14. The van der Waals surface area contributed by atoms with Crippen LogP contribution in [0.5, 0.6) is 0 Å². The molecule has 42 heavy (non-hydrogen) atoms. The number of rotatable bonds is 11. The van der Waals surface area contributed by atoms with Crippen molar-refractivity contribution in [1.29, 1.82) is 0 Å². The minimum atomic E-state index is -1.10. The molecule has 0 spiro atoms. The van der Waals surface area contributed by atoms with Crippen LogP contribution in [0.2, 0.25) is 0 Å². The average Bonchev–Trinajstić information content (AvgIpc) is 3.31. The molecule has 1 saturated heterocycles. The Labute approximate surface area is 245 Å². The van der Waals surface area contributed by atoms with Gasteiger partial charge in [-0.1, -0.05) is 78.9 Å². The number of hydrogen-bond donors (Lipinski definition) is 3. The molecule has 0 saturated carbocycles. The Kier molecular flexibility index (Phi) is 9.51. The van der Waals surface area contributed by atoms with Gasteiger partial charge in [0.15, 0.2) is 0 Å². The SMILES string of the molecule is CN(Cc1ccccc1)CC(NC(=O)CC1COCCC1NC(=O)OCC1c2ccccc2-c2ccccc21)C(=O)O. The van der Waals surface area contributed by atoms with E-state index in [1.807, 2.05) is 66.5 Å². The fraction of sp³-hybridized carbons (Fsp3) is 0.364. The van der Waals surface area contributed by atoms with Crippen molar-refractivity contribution in [3.63, 3.8) is 0 Å². The Morgan fingerprint density at radius 1 is 0.976 bits per heavy atom. The molecule has 1 aliphatic carbocycles. The number of alkyl carbamates (subject to hydrolysis) is 1.